The number of ketones is 2. The van der Waals surface area contributed by atoms with Gasteiger partial charge in [-0.25, -0.2) is 0 Å². The number of rotatable bonds is 24. The van der Waals surface area contributed by atoms with Crippen LogP contribution in [0.15, 0.2) is 12.1 Å². The van der Waals surface area contributed by atoms with Crippen LogP contribution in [0, 0.1) is 0 Å². The fraction of sp³-hybridized carbons (Fsp3) is 0.632. The number of aromatic hydroxyl groups is 2. The molecule has 2 N–H and O–H groups in total. The molecule has 1 aliphatic rings. The Kier molecular flexibility index (Phi) is 16.1. The molecule has 2 aromatic rings. The minimum Gasteiger partial charge on any atom is -0.504 e. The molecule has 0 atom stereocenters. The van der Waals surface area contributed by atoms with Crippen molar-refractivity contribution in [3.8, 4) is 34.5 Å². The first-order valence-electron chi connectivity index (χ1n) is 17.8. The summed E-state index contributed by atoms with van der Waals surface area (Å²) in [6, 6.07) is 2.95. The summed E-state index contributed by atoms with van der Waals surface area (Å²) in [6.45, 7) is 9.96. The van der Waals surface area contributed by atoms with E-state index < -0.39 is 23.1 Å². The normalized spacial score (nSPS) is 12.2. The number of carbonyl (C=O) groups excluding carboxylic acids is 2. The molecule has 0 aromatic heterocycles. The lowest BCUT2D eigenvalue weighted by atomic mass is 9.82. The van der Waals surface area contributed by atoms with Crippen LogP contribution in [-0.2, 0) is 0 Å². The van der Waals surface area contributed by atoms with Crippen molar-refractivity contribution in [1.82, 2.24) is 0 Å². The molecular weight excluding hydrogens is 584 g/mol. The summed E-state index contributed by atoms with van der Waals surface area (Å²) in [4.78, 5) is 28.1. The van der Waals surface area contributed by atoms with Crippen LogP contribution in [0.5, 0.6) is 34.5 Å². The van der Waals surface area contributed by atoms with Crippen LogP contribution in [0.4, 0.5) is 0 Å². The van der Waals surface area contributed by atoms with Crippen molar-refractivity contribution in [3.05, 3.63) is 34.4 Å². The topological polar surface area (TPSA) is 112 Å². The standard InChI is InChI=1S/C38H56O8/c1-5-9-13-17-21-43-29-25-27-31(35(41)37(29)45-23-19-15-11-7-3)34(40)28-26-30(44-22-18-14-10-6-2)38(36(42)32(28)33(27)39)46-24-20-16-12-8-4/h25-26,41-42H,5-24H2,1-4H3. The van der Waals surface area contributed by atoms with Crippen LogP contribution >= 0.6 is 0 Å². The second-order valence-corrected chi connectivity index (χ2v) is 12.2. The molecule has 0 bridgehead atoms. The van der Waals surface area contributed by atoms with Gasteiger partial charge in [0.1, 0.15) is 0 Å². The molecule has 0 radical (unpaired) electrons. The third kappa shape index (κ3) is 9.79. The third-order valence-corrected chi connectivity index (χ3v) is 8.38. The van der Waals surface area contributed by atoms with E-state index >= 15 is 0 Å². The van der Waals surface area contributed by atoms with E-state index in [2.05, 4.69) is 27.7 Å². The molecule has 256 valence electrons. The molecule has 0 saturated carbocycles. The van der Waals surface area contributed by atoms with E-state index in [1.807, 2.05) is 0 Å². The molecule has 0 heterocycles. The summed E-state index contributed by atoms with van der Waals surface area (Å²) in [5.74, 6) is -1.45. The van der Waals surface area contributed by atoms with Crippen molar-refractivity contribution < 1.29 is 38.7 Å². The minimum absolute atomic E-state index is 0.0330. The monoisotopic (exact) mass is 640 g/mol. The summed E-state index contributed by atoms with van der Waals surface area (Å²) in [6.07, 6.45) is 15.7. The van der Waals surface area contributed by atoms with Crippen LogP contribution < -0.4 is 18.9 Å². The van der Waals surface area contributed by atoms with Gasteiger partial charge in [0.25, 0.3) is 0 Å². The van der Waals surface area contributed by atoms with Gasteiger partial charge in [-0.15, -0.1) is 0 Å². The van der Waals surface area contributed by atoms with E-state index in [0.29, 0.717) is 26.4 Å². The van der Waals surface area contributed by atoms with Crippen molar-refractivity contribution in [2.24, 2.45) is 0 Å². The maximum Gasteiger partial charge on any atom is 0.204 e. The van der Waals surface area contributed by atoms with Crippen LogP contribution in [0.2, 0.25) is 0 Å². The van der Waals surface area contributed by atoms with Gasteiger partial charge in [-0.2, -0.15) is 0 Å². The second-order valence-electron chi connectivity index (χ2n) is 12.2. The Morgan fingerprint density at radius 2 is 0.761 bits per heavy atom. The Morgan fingerprint density at radius 3 is 1.07 bits per heavy atom. The van der Waals surface area contributed by atoms with E-state index in [-0.39, 0.29) is 45.3 Å². The van der Waals surface area contributed by atoms with Gasteiger partial charge >= 0.3 is 0 Å². The summed E-state index contributed by atoms with van der Waals surface area (Å²) in [7, 11) is 0. The average molecular weight is 641 g/mol. The Bertz CT molecular complexity index is 1170. The molecule has 0 fully saturated rings. The number of benzene rings is 2. The Balaban J connectivity index is 2.01. The average Bonchev–Trinajstić information content (AvgIpc) is 3.04. The maximum atomic E-state index is 14.0. The second kappa shape index (κ2) is 20.0. The first-order chi connectivity index (χ1) is 22.4. The number of unbranched alkanes of at least 4 members (excludes halogenated alkanes) is 12. The third-order valence-electron chi connectivity index (χ3n) is 8.38. The molecule has 8 heteroatoms. The highest BCUT2D eigenvalue weighted by Crippen LogP contribution is 2.50. The fourth-order valence-corrected chi connectivity index (χ4v) is 5.66. The lowest BCUT2D eigenvalue weighted by Crippen LogP contribution is -2.23. The van der Waals surface area contributed by atoms with Gasteiger partial charge in [0.15, 0.2) is 34.6 Å². The molecular formula is C38H56O8. The highest BCUT2D eigenvalue weighted by molar-refractivity contribution is 6.31. The molecule has 0 aliphatic heterocycles. The van der Waals surface area contributed by atoms with Gasteiger partial charge in [-0.05, 0) is 37.8 Å². The number of ether oxygens (including phenoxy) is 4. The van der Waals surface area contributed by atoms with Gasteiger partial charge in [0.2, 0.25) is 11.5 Å². The van der Waals surface area contributed by atoms with Gasteiger partial charge in [0, 0.05) is 11.1 Å². The summed E-state index contributed by atoms with van der Waals surface area (Å²) in [5, 5.41) is 23.0. The number of fused-ring (bicyclic) bond motifs is 2. The van der Waals surface area contributed by atoms with Gasteiger partial charge in [-0.1, -0.05) is 105 Å². The smallest absolute Gasteiger partial charge is 0.204 e. The SMILES string of the molecule is CCCCCCOc1cc2c(c(O)c1OCCCCCC)C(=O)c1cc(OCCCCCC)c(OCCCCCC)c(O)c1C2=O. The maximum absolute atomic E-state index is 14.0. The summed E-state index contributed by atoms with van der Waals surface area (Å²) in [5.41, 5.74) is -0.370. The van der Waals surface area contributed by atoms with Gasteiger partial charge in [-0.3, -0.25) is 9.59 Å². The lowest BCUT2D eigenvalue weighted by Gasteiger charge is -2.25. The van der Waals surface area contributed by atoms with Crippen LogP contribution in [0.25, 0.3) is 0 Å². The van der Waals surface area contributed by atoms with E-state index in [0.717, 1.165) is 103 Å². The predicted molar refractivity (Wildman–Crippen MR) is 182 cm³/mol. The van der Waals surface area contributed by atoms with Crippen LogP contribution in [-0.4, -0.2) is 48.2 Å². The van der Waals surface area contributed by atoms with Gasteiger partial charge in [0.05, 0.1) is 37.6 Å². The van der Waals surface area contributed by atoms with E-state index in [1.54, 1.807) is 0 Å². The first-order valence-corrected chi connectivity index (χ1v) is 17.8. The zero-order chi connectivity index (χ0) is 33.3. The lowest BCUT2D eigenvalue weighted by molar-refractivity contribution is 0.0971. The Labute approximate surface area is 275 Å². The van der Waals surface area contributed by atoms with Crippen LogP contribution in [0.3, 0.4) is 0 Å². The van der Waals surface area contributed by atoms with E-state index in [9.17, 15) is 19.8 Å². The van der Waals surface area contributed by atoms with Crippen molar-refractivity contribution in [1.29, 1.82) is 0 Å². The summed E-state index contributed by atoms with van der Waals surface area (Å²) >= 11 is 0. The fourth-order valence-electron chi connectivity index (χ4n) is 5.66. The molecule has 0 spiro atoms. The van der Waals surface area contributed by atoms with Crippen molar-refractivity contribution in [3.63, 3.8) is 0 Å². The minimum atomic E-state index is -0.590. The number of phenolic OH excluding ortho intramolecular Hbond substituents is 2. The molecule has 3 rings (SSSR count). The molecule has 0 saturated heterocycles. The van der Waals surface area contributed by atoms with Crippen molar-refractivity contribution >= 4 is 11.6 Å². The Hall–Kier alpha value is -3.42. The number of carbonyl (C=O) groups is 2. The Morgan fingerprint density at radius 1 is 0.457 bits per heavy atom. The number of phenols is 2. The molecule has 46 heavy (non-hydrogen) atoms. The van der Waals surface area contributed by atoms with E-state index in [4.69, 9.17) is 18.9 Å². The number of hydrogen-bond donors (Lipinski definition) is 2. The molecule has 8 nitrogen and oxygen atoms in total. The highest BCUT2D eigenvalue weighted by atomic mass is 16.5. The predicted octanol–water partition coefficient (Wildman–Crippen LogP) is 9.71. The number of hydrogen-bond acceptors (Lipinski definition) is 8. The zero-order valence-electron chi connectivity index (χ0n) is 28.6. The van der Waals surface area contributed by atoms with Crippen molar-refractivity contribution in [2.45, 2.75) is 130 Å². The molecule has 2 aromatic carbocycles. The summed E-state index contributed by atoms with van der Waals surface area (Å²) < 4.78 is 24.2. The first kappa shape index (κ1) is 37.0. The zero-order valence-corrected chi connectivity index (χ0v) is 28.6. The molecule has 0 unspecified atom stereocenters. The molecule has 1 aliphatic carbocycles. The molecule has 0 amide bonds. The van der Waals surface area contributed by atoms with Crippen molar-refractivity contribution in [2.75, 3.05) is 26.4 Å². The largest absolute Gasteiger partial charge is 0.504 e. The van der Waals surface area contributed by atoms with Gasteiger partial charge < -0.3 is 29.2 Å². The quantitative estimate of drug-likeness (QED) is 0.0931. The highest BCUT2D eigenvalue weighted by Gasteiger charge is 2.39. The van der Waals surface area contributed by atoms with E-state index in [1.165, 1.54) is 12.1 Å². The van der Waals surface area contributed by atoms with Crippen LogP contribution in [0.1, 0.15) is 162 Å².